The molecule has 4 aromatic rings. The lowest BCUT2D eigenvalue weighted by Crippen LogP contribution is -2.41. The van der Waals surface area contributed by atoms with Gasteiger partial charge in [0.1, 0.15) is 5.54 Å². The van der Waals surface area contributed by atoms with Crippen LogP contribution in [0.4, 0.5) is 0 Å². The number of benzene rings is 3. The van der Waals surface area contributed by atoms with Crippen molar-refractivity contribution in [2.45, 2.75) is 57.3 Å². The monoisotopic (exact) mass is 482 g/mol. The molecule has 0 amide bonds. The second-order valence-corrected chi connectivity index (χ2v) is 15.6. The second kappa shape index (κ2) is 10.3. The summed E-state index contributed by atoms with van der Waals surface area (Å²) in [6.07, 6.45) is 6.09. The Morgan fingerprint density at radius 1 is 0.743 bits per heavy atom. The van der Waals surface area contributed by atoms with E-state index < -0.39 is 13.9 Å². The Hall–Kier alpha value is -2.95. The molecule has 1 aromatic heterocycles. The van der Waals surface area contributed by atoms with Crippen LogP contribution < -0.4 is 0 Å². The number of nitrogens with zero attached hydrogens (tertiary/aromatic N) is 2. The maximum Gasteiger partial charge on any atom is 0.191 e. The molecule has 0 radical (unpaired) electrons. The van der Waals surface area contributed by atoms with Crippen molar-refractivity contribution in [3.8, 4) is 0 Å². The minimum atomic E-state index is -1.73. The smallest absolute Gasteiger partial charge is 0.191 e. The number of rotatable bonds is 9. The standard InChI is InChI=1S/C31H38N2OSi/c1-30(2,3)35(4,5)34-23-15-22-29-24-33(25-32-29)31(26-16-9-6-10-17-26,27-18-11-7-12-19-27)28-20-13-8-14-21-28/h6-14,16-21,24-25H,15,22-23H2,1-5H3. The van der Waals surface area contributed by atoms with Crippen molar-refractivity contribution in [1.82, 2.24) is 9.55 Å². The van der Waals surface area contributed by atoms with Crippen LogP contribution in [-0.4, -0.2) is 24.5 Å². The van der Waals surface area contributed by atoms with Gasteiger partial charge in [0, 0.05) is 12.8 Å². The van der Waals surface area contributed by atoms with Crippen LogP contribution in [0.1, 0.15) is 49.6 Å². The molecule has 35 heavy (non-hydrogen) atoms. The zero-order chi connectivity index (χ0) is 24.9. The molecule has 0 spiro atoms. The van der Waals surface area contributed by atoms with Crippen molar-refractivity contribution < 1.29 is 4.43 Å². The summed E-state index contributed by atoms with van der Waals surface area (Å²) in [6, 6.07) is 32.2. The van der Waals surface area contributed by atoms with Crippen LogP contribution in [0.25, 0.3) is 0 Å². The van der Waals surface area contributed by atoms with Crippen LogP contribution in [0.15, 0.2) is 104 Å². The summed E-state index contributed by atoms with van der Waals surface area (Å²) in [5, 5.41) is 0.231. The normalized spacial score (nSPS) is 12.6. The number of aryl methyl sites for hydroxylation is 1. The average Bonchev–Trinajstić information content (AvgIpc) is 3.33. The number of aromatic nitrogens is 2. The van der Waals surface area contributed by atoms with Gasteiger partial charge in [-0.2, -0.15) is 0 Å². The minimum Gasteiger partial charge on any atom is -0.417 e. The van der Waals surface area contributed by atoms with Gasteiger partial charge in [0.25, 0.3) is 0 Å². The van der Waals surface area contributed by atoms with Gasteiger partial charge in [-0.1, -0.05) is 112 Å². The van der Waals surface area contributed by atoms with E-state index in [1.54, 1.807) is 0 Å². The van der Waals surface area contributed by atoms with Gasteiger partial charge >= 0.3 is 0 Å². The highest BCUT2D eigenvalue weighted by atomic mass is 28.4. The molecule has 182 valence electrons. The van der Waals surface area contributed by atoms with E-state index >= 15 is 0 Å². The summed E-state index contributed by atoms with van der Waals surface area (Å²) in [4.78, 5) is 4.86. The van der Waals surface area contributed by atoms with Crippen molar-refractivity contribution in [2.75, 3.05) is 6.61 Å². The van der Waals surface area contributed by atoms with Gasteiger partial charge in [0.05, 0.1) is 12.0 Å². The van der Waals surface area contributed by atoms with Gasteiger partial charge in [-0.05, 0) is 47.7 Å². The summed E-state index contributed by atoms with van der Waals surface area (Å²) < 4.78 is 8.69. The van der Waals surface area contributed by atoms with Crippen molar-refractivity contribution in [2.24, 2.45) is 0 Å². The van der Waals surface area contributed by atoms with E-state index in [2.05, 4.69) is 136 Å². The Kier molecular flexibility index (Phi) is 7.44. The van der Waals surface area contributed by atoms with Crippen molar-refractivity contribution in [1.29, 1.82) is 0 Å². The molecule has 0 saturated carbocycles. The zero-order valence-electron chi connectivity index (χ0n) is 21.7. The number of imidazole rings is 1. The first-order chi connectivity index (χ1) is 16.7. The quantitative estimate of drug-likeness (QED) is 0.139. The summed E-state index contributed by atoms with van der Waals surface area (Å²) in [5.74, 6) is 0. The summed E-state index contributed by atoms with van der Waals surface area (Å²) in [5.41, 5.74) is 4.22. The maximum atomic E-state index is 6.40. The van der Waals surface area contributed by atoms with Gasteiger partial charge in [0.15, 0.2) is 8.32 Å². The molecular formula is C31H38N2OSi. The Bertz CT molecular complexity index is 1100. The van der Waals surface area contributed by atoms with Crippen molar-refractivity contribution in [3.05, 3.63) is 126 Å². The van der Waals surface area contributed by atoms with Gasteiger partial charge in [-0.25, -0.2) is 4.98 Å². The minimum absolute atomic E-state index is 0.231. The highest BCUT2D eigenvalue weighted by Gasteiger charge is 2.39. The molecule has 1 heterocycles. The first-order valence-corrected chi connectivity index (χ1v) is 15.5. The van der Waals surface area contributed by atoms with Gasteiger partial charge < -0.3 is 8.99 Å². The van der Waals surface area contributed by atoms with E-state index in [4.69, 9.17) is 9.41 Å². The third-order valence-electron chi connectivity index (χ3n) is 7.44. The molecule has 0 atom stereocenters. The van der Waals surface area contributed by atoms with Crippen molar-refractivity contribution >= 4 is 8.32 Å². The molecule has 0 bridgehead atoms. The SMILES string of the molecule is CC(C)(C)[Si](C)(C)OCCCc1cn(C(c2ccccc2)(c2ccccc2)c2ccccc2)cn1. The lowest BCUT2D eigenvalue weighted by Gasteiger charge is -2.37. The topological polar surface area (TPSA) is 27.1 Å². The van der Waals surface area contributed by atoms with E-state index in [-0.39, 0.29) is 5.04 Å². The first-order valence-electron chi connectivity index (χ1n) is 12.6. The lowest BCUT2D eigenvalue weighted by molar-refractivity contribution is 0.282. The number of hydrogen-bond donors (Lipinski definition) is 0. The molecule has 0 N–H and O–H groups in total. The molecule has 0 fully saturated rings. The van der Waals surface area contributed by atoms with E-state index in [0.717, 1.165) is 25.1 Å². The molecule has 0 saturated heterocycles. The predicted octanol–water partition coefficient (Wildman–Crippen LogP) is 7.68. The fraction of sp³-hybridized carbons (Fsp3) is 0.323. The maximum absolute atomic E-state index is 6.40. The molecule has 4 heteroatoms. The molecule has 4 rings (SSSR count). The zero-order valence-corrected chi connectivity index (χ0v) is 22.7. The van der Waals surface area contributed by atoms with Crippen LogP contribution in [0.5, 0.6) is 0 Å². The summed E-state index contributed by atoms with van der Waals surface area (Å²) in [6.45, 7) is 12.3. The van der Waals surface area contributed by atoms with E-state index in [1.165, 1.54) is 16.7 Å². The van der Waals surface area contributed by atoms with Crippen LogP contribution >= 0.6 is 0 Å². The fourth-order valence-electron chi connectivity index (χ4n) is 4.46. The molecule has 3 aromatic carbocycles. The van der Waals surface area contributed by atoms with E-state index in [9.17, 15) is 0 Å². The Labute approximate surface area is 212 Å². The highest BCUT2D eigenvalue weighted by molar-refractivity contribution is 6.74. The molecular weight excluding hydrogens is 444 g/mol. The molecule has 0 unspecified atom stereocenters. The average molecular weight is 483 g/mol. The molecule has 0 aliphatic rings. The Morgan fingerprint density at radius 2 is 1.20 bits per heavy atom. The van der Waals surface area contributed by atoms with Crippen LogP contribution in [0.2, 0.25) is 18.1 Å². The van der Waals surface area contributed by atoms with Gasteiger partial charge in [-0.3, -0.25) is 0 Å². The number of hydrogen-bond acceptors (Lipinski definition) is 2. The third kappa shape index (κ3) is 5.19. The van der Waals surface area contributed by atoms with Crippen molar-refractivity contribution in [3.63, 3.8) is 0 Å². The van der Waals surface area contributed by atoms with E-state index in [1.807, 2.05) is 6.33 Å². The van der Waals surface area contributed by atoms with Gasteiger partial charge in [-0.15, -0.1) is 0 Å². The highest BCUT2D eigenvalue weighted by Crippen LogP contribution is 2.41. The lowest BCUT2D eigenvalue weighted by atomic mass is 9.77. The van der Waals surface area contributed by atoms with Gasteiger partial charge in [0.2, 0.25) is 0 Å². The molecule has 0 aliphatic carbocycles. The van der Waals surface area contributed by atoms with Crippen LogP contribution in [0, 0.1) is 0 Å². The largest absolute Gasteiger partial charge is 0.417 e. The molecule has 0 aliphatic heterocycles. The molecule has 3 nitrogen and oxygen atoms in total. The summed E-state index contributed by atoms with van der Waals surface area (Å²) in [7, 11) is -1.73. The fourth-order valence-corrected chi connectivity index (χ4v) is 5.55. The third-order valence-corrected chi connectivity index (χ3v) is 12.0. The predicted molar refractivity (Wildman–Crippen MR) is 148 cm³/mol. The Morgan fingerprint density at radius 3 is 1.63 bits per heavy atom. The van der Waals surface area contributed by atoms with Crippen LogP contribution in [0.3, 0.4) is 0 Å². The van der Waals surface area contributed by atoms with E-state index in [0.29, 0.717) is 0 Å². The second-order valence-electron chi connectivity index (χ2n) is 10.8. The first kappa shape index (κ1) is 25.1. The summed E-state index contributed by atoms with van der Waals surface area (Å²) >= 11 is 0. The Balaban J connectivity index is 1.69. The van der Waals surface area contributed by atoms with Crippen LogP contribution in [-0.2, 0) is 16.4 Å².